The third-order valence-electron chi connectivity index (χ3n) is 3.00. The Bertz CT molecular complexity index is 588. The van der Waals surface area contributed by atoms with E-state index in [1.54, 1.807) is 23.9 Å². The van der Waals surface area contributed by atoms with E-state index in [9.17, 15) is 4.39 Å². The molecule has 0 aliphatic carbocycles. The van der Waals surface area contributed by atoms with Crippen LogP contribution in [0.3, 0.4) is 0 Å². The van der Waals surface area contributed by atoms with Gasteiger partial charge in [0.15, 0.2) is 0 Å². The highest BCUT2D eigenvalue weighted by Crippen LogP contribution is 2.26. The van der Waals surface area contributed by atoms with E-state index in [4.69, 9.17) is 0 Å². The van der Waals surface area contributed by atoms with E-state index in [1.165, 1.54) is 6.07 Å². The first-order valence-corrected chi connectivity index (χ1v) is 6.74. The van der Waals surface area contributed by atoms with Crippen LogP contribution >= 0.6 is 11.8 Å². The van der Waals surface area contributed by atoms with E-state index in [0.29, 0.717) is 6.04 Å². The predicted octanol–water partition coefficient (Wildman–Crippen LogP) is 3.58. The molecule has 1 aromatic carbocycles. The smallest absolute Gasteiger partial charge is 0.123 e. The van der Waals surface area contributed by atoms with Crippen LogP contribution in [0.15, 0.2) is 29.3 Å². The summed E-state index contributed by atoms with van der Waals surface area (Å²) in [7, 11) is 0. The molecule has 0 saturated carbocycles. The Kier molecular flexibility index (Phi) is 2.67. The largest absolute Gasteiger partial charge is 0.353 e. The average molecular weight is 248 g/mol. The third-order valence-corrected chi connectivity index (χ3v) is 4.15. The number of hydrogen-bond donors (Lipinski definition) is 1. The molecule has 1 aliphatic heterocycles. The topological polar surface area (TPSA) is 28.1 Å². The van der Waals surface area contributed by atoms with Gasteiger partial charge in [0.05, 0.1) is 11.7 Å². The summed E-state index contributed by atoms with van der Waals surface area (Å²) >= 11 is 1.77. The molecule has 17 heavy (non-hydrogen) atoms. The Morgan fingerprint density at radius 3 is 3.12 bits per heavy atom. The van der Waals surface area contributed by atoms with Gasteiger partial charge in [-0.1, -0.05) is 6.92 Å². The standard InChI is InChI=1S/C13H13FN2S/c1-2-10-7-17-13(15-10)12-6-8-5-9(14)3-4-11(8)16-12/h3-6,10,16H,2,7H2,1H3/t10-/m1/s1. The van der Waals surface area contributed by atoms with Crippen molar-refractivity contribution in [1.82, 2.24) is 4.98 Å². The van der Waals surface area contributed by atoms with Gasteiger partial charge in [0.25, 0.3) is 0 Å². The Labute approximate surface area is 103 Å². The fourth-order valence-electron chi connectivity index (χ4n) is 1.99. The molecule has 0 amide bonds. The van der Waals surface area contributed by atoms with Crippen molar-refractivity contribution in [2.45, 2.75) is 19.4 Å². The molecule has 1 aromatic heterocycles. The van der Waals surface area contributed by atoms with Crippen LogP contribution in [0.4, 0.5) is 4.39 Å². The molecule has 0 radical (unpaired) electrons. The predicted molar refractivity (Wildman–Crippen MR) is 71.3 cm³/mol. The average Bonchev–Trinajstić information content (AvgIpc) is 2.93. The van der Waals surface area contributed by atoms with Gasteiger partial charge in [0.2, 0.25) is 0 Å². The number of H-pyrrole nitrogens is 1. The maximum Gasteiger partial charge on any atom is 0.123 e. The number of aromatic amines is 1. The van der Waals surface area contributed by atoms with E-state index < -0.39 is 0 Å². The van der Waals surface area contributed by atoms with Crippen molar-refractivity contribution in [3.8, 4) is 0 Å². The molecule has 0 saturated heterocycles. The van der Waals surface area contributed by atoms with Gasteiger partial charge in [-0.15, -0.1) is 11.8 Å². The number of nitrogens with zero attached hydrogens (tertiary/aromatic N) is 1. The second-order valence-corrected chi connectivity index (χ2v) is 5.23. The van der Waals surface area contributed by atoms with E-state index in [0.717, 1.165) is 33.8 Å². The molecule has 0 spiro atoms. The highest BCUT2D eigenvalue weighted by molar-refractivity contribution is 8.14. The van der Waals surface area contributed by atoms with Gasteiger partial charge in [-0.25, -0.2) is 4.39 Å². The molecule has 3 rings (SSSR count). The highest BCUT2D eigenvalue weighted by atomic mass is 32.2. The van der Waals surface area contributed by atoms with Crippen LogP contribution < -0.4 is 0 Å². The molecule has 2 nitrogen and oxygen atoms in total. The number of aliphatic imine (C=N–C) groups is 1. The summed E-state index contributed by atoms with van der Waals surface area (Å²) in [4.78, 5) is 7.94. The zero-order valence-electron chi connectivity index (χ0n) is 9.53. The number of nitrogens with one attached hydrogen (secondary N) is 1. The van der Waals surface area contributed by atoms with Gasteiger partial charge in [0.1, 0.15) is 10.9 Å². The fraction of sp³-hybridized carbons (Fsp3) is 0.308. The number of halogens is 1. The van der Waals surface area contributed by atoms with Crippen LogP contribution in [0.1, 0.15) is 19.0 Å². The first-order chi connectivity index (χ1) is 8.26. The number of thioether (sulfide) groups is 1. The van der Waals surface area contributed by atoms with Crippen molar-refractivity contribution in [2.75, 3.05) is 5.75 Å². The molecular weight excluding hydrogens is 235 g/mol. The molecule has 1 N–H and O–H groups in total. The highest BCUT2D eigenvalue weighted by Gasteiger charge is 2.19. The number of rotatable bonds is 2. The minimum Gasteiger partial charge on any atom is -0.353 e. The van der Waals surface area contributed by atoms with Crippen molar-refractivity contribution in [2.24, 2.45) is 4.99 Å². The summed E-state index contributed by atoms with van der Waals surface area (Å²) in [5, 5.41) is 1.96. The van der Waals surface area contributed by atoms with Gasteiger partial charge in [-0.3, -0.25) is 4.99 Å². The van der Waals surface area contributed by atoms with Crippen molar-refractivity contribution in [3.05, 3.63) is 35.8 Å². The van der Waals surface area contributed by atoms with E-state index in [-0.39, 0.29) is 5.82 Å². The molecule has 1 aliphatic rings. The van der Waals surface area contributed by atoms with Gasteiger partial charge in [-0.05, 0) is 30.7 Å². The Morgan fingerprint density at radius 2 is 2.35 bits per heavy atom. The number of benzene rings is 1. The molecule has 2 aromatic rings. The summed E-state index contributed by atoms with van der Waals surface area (Å²) in [6.45, 7) is 2.15. The molecule has 0 unspecified atom stereocenters. The summed E-state index contributed by atoms with van der Waals surface area (Å²) in [5.41, 5.74) is 1.97. The van der Waals surface area contributed by atoms with Crippen LogP contribution in [0, 0.1) is 5.82 Å². The Morgan fingerprint density at radius 1 is 1.47 bits per heavy atom. The minimum absolute atomic E-state index is 0.199. The van der Waals surface area contributed by atoms with Crippen LogP contribution in [-0.4, -0.2) is 21.8 Å². The van der Waals surface area contributed by atoms with Crippen molar-refractivity contribution >= 4 is 27.7 Å². The normalized spacial score (nSPS) is 19.9. The first kappa shape index (κ1) is 10.8. The number of hydrogen-bond acceptors (Lipinski definition) is 2. The second-order valence-electron chi connectivity index (χ2n) is 4.22. The number of aromatic nitrogens is 1. The van der Waals surface area contributed by atoms with Crippen LogP contribution in [-0.2, 0) is 0 Å². The quantitative estimate of drug-likeness (QED) is 0.864. The van der Waals surface area contributed by atoms with Crippen LogP contribution in [0.5, 0.6) is 0 Å². The number of fused-ring (bicyclic) bond motifs is 1. The zero-order valence-corrected chi connectivity index (χ0v) is 10.4. The molecule has 0 fully saturated rings. The maximum absolute atomic E-state index is 13.1. The second kappa shape index (κ2) is 4.18. The molecule has 2 heterocycles. The fourth-order valence-corrected chi connectivity index (χ4v) is 3.14. The lowest BCUT2D eigenvalue weighted by Crippen LogP contribution is -1.99. The van der Waals surface area contributed by atoms with E-state index in [2.05, 4.69) is 16.9 Å². The Balaban J connectivity index is 2.01. The maximum atomic E-state index is 13.1. The summed E-state index contributed by atoms with van der Waals surface area (Å²) in [5.74, 6) is 0.853. The van der Waals surface area contributed by atoms with Crippen LogP contribution in [0.2, 0.25) is 0 Å². The third kappa shape index (κ3) is 1.97. The minimum atomic E-state index is -0.199. The monoisotopic (exact) mass is 248 g/mol. The molecule has 88 valence electrons. The van der Waals surface area contributed by atoms with Gasteiger partial charge >= 0.3 is 0 Å². The molecule has 0 bridgehead atoms. The van der Waals surface area contributed by atoms with E-state index >= 15 is 0 Å². The lowest BCUT2D eigenvalue weighted by atomic mass is 10.2. The molecule has 4 heteroatoms. The van der Waals surface area contributed by atoms with Crippen LogP contribution in [0.25, 0.3) is 10.9 Å². The van der Waals surface area contributed by atoms with Crippen molar-refractivity contribution in [3.63, 3.8) is 0 Å². The summed E-state index contributed by atoms with van der Waals surface area (Å²) in [6, 6.07) is 7.19. The van der Waals surface area contributed by atoms with Gasteiger partial charge in [0, 0.05) is 16.7 Å². The van der Waals surface area contributed by atoms with Gasteiger partial charge in [-0.2, -0.15) is 0 Å². The van der Waals surface area contributed by atoms with Crippen molar-refractivity contribution in [1.29, 1.82) is 0 Å². The molecule has 1 atom stereocenters. The lowest BCUT2D eigenvalue weighted by Gasteiger charge is -1.96. The lowest BCUT2D eigenvalue weighted by molar-refractivity contribution is 0.630. The Hall–Kier alpha value is -1.29. The summed E-state index contributed by atoms with van der Waals surface area (Å²) < 4.78 is 13.1. The van der Waals surface area contributed by atoms with Crippen molar-refractivity contribution < 1.29 is 4.39 Å². The summed E-state index contributed by atoms with van der Waals surface area (Å²) in [6.07, 6.45) is 1.07. The van der Waals surface area contributed by atoms with Gasteiger partial charge < -0.3 is 4.98 Å². The SMILES string of the molecule is CC[C@@H]1CSC(c2cc3cc(F)ccc3[nH]2)=N1. The zero-order chi connectivity index (χ0) is 11.8. The van der Waals surface area contributed by atoms with E-state index in [1.807, 2.05) is 6.07 Å². The molecular formula is C13H13FN2S. The first-order valence-electron chi connectivity index (χ1n) is 5.75.